The molecule has 1 atom stereocenters. The number of rotatable bonds is 5. The molecule has 1 aromatic rings. The van der Waals surface area contributed by atoms with Crippen molar-refractivity contribution < 1.29 is 9.84 Å². The maximum atomic E-state index is 10.1. The van der Waals surface area contributed by atoms with Crippen molar-refractivity contribution in [2.75, 3.05) is 37.7 Å². The summed E-state index contributed by atoms with van der Waals surface area (Å²) in [7, 11) is 0. The Hall–Kier alpha value is -0.910. The first kappa shape index (κ1) is 15.5. The predicted octanol–water partition coefficient (Wildman–Crippen LogP) is 1.84. The van der Waals surface area contributed by atoms with Crippen LogP contribution in [-0.2, 0) is 0 Å². The van der Waals surface area contributed by atoms with Gasteiger partial charge in [0.2, 0.25) is 0 Å². The second-order valence-corrected chi connectivity index (χ2v) is 7.68. The number of nitrogens with zero attached hydrogens (tertiary/aromatic N) is 1. The van der Waals surface area contributed by atoms with E-state index in [1.807, 2.05) is 23.9 Å². The van der Waals surface area contributed by atoms with Gasteiger partial charge in [-0.25, -0.2) is 0 Å². The summed E-state index contributed by atoms with van der Waals surface area (Å²) in [6.07, 6.45) is -0.466. The van der Waals surface area contributed by atoms with Crippen molar-refractivity contribution in [2.45, 2.75) is 24.7 Å². The van der Waals surface area contributed by atoms with Crippen LogP contribution >= 0.6 is 11.8 Å². The molecule has 20 heavy (non-hydrogen) atoms. The molecule has 2 rings (SSSR count). The number of hydrogen-bond acceptors (Lipinski definition) is 5. The number of anilines is 1. The number of nitrogens with two attached hydrogens (primary N) is 1. The average molecular weight is 296 g/mol. The van der Waals surface area contributed by atoms with Gasteiger partial charge in [0, 0.05) is 35.8 Å². The van der Waals surface area contributed by atoms with Gasteiger partial charge in [-0.2, -0.15) is 11.8 Å². The third-order valence-electron chi connectivity index (χ3n) is 3.30. The molecule has 3 N–H and O–H groups in total. The van der Waals surface area contributed by atoms with E-state index in [-0.39, 0.29) is 4.75 Å². The van der Waals surface area contributed by atoms with Crippen LogP contribution in [0.3, 0.4) is 0 Å². The van der Waals surface area contributed by atoms with E-state index in [2.05, 4.69) is 18.7 Å². The molecule has 1 unspecified atom stereocenters. The summed E-state index contributed by atoms with van der Waals surface area (Å²) in [4.78, 5) is 2.31. The molecule has 1 aromatic carbocycles. The van der Waals surface area contributed by atoms with Gasteiger partial charge in [-0.05, 0) is 38.1 Å². The van der Waals surface area contributed by atoms with Crippen molar-refractivity contribution in [3.8, 4) is 5.75 Å². The molecular weight excluding hydrogens is 272 g/mol. The van der Waals surface area contributed by atoms with Gasteiger partial charge in [0.1, 0.15) is 18.5 Å². The first-order chi connectivity index (χ1) is 9.44. The molecule has 1 aliphatic rings. The Kier molecular flexibility index (Phi) is 5.18. The zero-order valence-corrected chi connectivity index (χ0v) is 13.0. The Morgan fingerprint density at radius 1 is 1.40 bits per heavy atom. The summed E-state index contributed by atoms with van der Waals surface area (Å²) in [5, 5.41) is 10.1. The molecule has 0 aromatic heterocycles. The summed E-state index contributed by atoms with van der Waals surface area (Å²) < 4.78 is 5.85. The van der Waals surface area contributed by atoms with Gasteiger partial charge in [0.05, 0.1) is 0 Å². The quantitative estimate of drug-likeness (QED) is 0.812. The van der Waals surface area contributed by atoms with Crippen LogP contribution in [0.1, 0.15) is 13.8 Å². The lowest BCUT2D eigenvalue weighted by molar-refractivity contribution is 0.0667. The molecule has 1 heterocycles. The van der Waals surface area contributed by atoms with Crippen LogP contribution in [0.4, 0.5) is 5.69 Å². The van der Waals surface area contributed by atoms with E-state index in [4.69, 9.17) is 10.5 Å². The van der Waals surface area contributed by atoms with Crippen LogP contribution in [0.15, 0.2) is 24.3 Å². The van der Waals surface area contributed by atoms with Crippen LogP contribution in [-0.4, -0.2) is 52.9 Å². The van der Waals surface area contributed by atoms with Crippen LogP contribution in [0.2, 0.25) is 0 Å². The highest BCUT2D eigenvalue weighted by Gasteiger charge is 2.27. The second kappa shape index (κ2) is 6.70. The van der Waals surface area contributed by atoms with E-state index >= 15 is 0 Å². The summed E-state index contributed by atoms with van der Waals surface area (Å²) >= 11 is 2.00. The molecule has 4 nitrogen and oxygen atoms in total. The van der Waals surface area contributed by atoms with Gasteiger partial charge in [-0.3, -0.25) is 4.90 Å². The lowest BCUT2D eigenvalue weighted by Gasteiger charge is -2.38. The number of ether oxygens (including phenoxy) is 1. The normalized spacial score (nSPS) is 20.6. The largest absolute Gasteiger partial charge is 0.491 e. The van der Waals surface area contributed by atoms with Crippen molar-refractivity contribution in [1.82, 2.24) is 4.90 Å². The number of nitrogen functional groups attached to an aromatic ring is 1. The number of hydrogen-bond donors (Lipinski definition) is 2. The minimum atomic E-state index is -0.466. The number of aliphatic hydroxyl groups excluding tert-OH is 1. The van der Waals surface area contributed by atoms with Gasteiger partial charge < -0.3 is 15.6 Å². The third-order valence-corrected chi connectivity index (χ3v) is 4.59. The van der Waals surface area contributed by atoms with Crippen LogP contribution in [0.5, 0.6) is 5.75 Å². The van der Waals surface area contributed by atoms with Crippen molar-refractivity contribution in [3.05, 3.63) is 24.3 Å². The number of β-amino-alcohol motifs (C(OH)–C–C–N with tert-alkyl or cyclic N) is 1. The molecule has 1 aliphatic heterocycles. The zero-order valence-electron chi connectivity index (χ0n) is 12.2. The fraction of sp³-hybridized carbons (Fsp3) is 0.600. The maximum absolute atomic E-state index is 10.1. The average Bonchev–Trinajstić information content (AvgIpc) is 2.37. The van der Waals surface area contributed by atoms with Crippen molar-refractivity contribution in [3.63, 3.8) is 0 Å². The SMILES string of the molecule is CC1(C)CN(CC(O)COc2ccc(N)cc2)CCS1. The smallest absolute Gasteiger partial charge is 0.119 e. The lowest BCUT2D eigenvalue weighted by atomic mass is 10.1. The highest BCUT2D eigenvalue weighted by molar-refractivity contribution is 8.00. The van der Waals surface area contributed by atoms with Gasteiger partial charge in [-0.1, -0.05) is 0 Å². The first-order valence-electron chi connectivity index (χ1n) is 6.97. The van der Waals surface area contributed by atoms with Gasteiger partial charge in [-0.15, -0.1) is 0 Å². The molecule has 0 aliphatic carbocycles. The molecule has 1 fully saturated rings. The highest BCUT2D eigenvalue weighted by Crippen LogP contribution is 2.29. The molecule has 0 saturated carbocycles. The van der Waals surface area contributed by atoms with E-state index < -0.39 is 6.10 Å². The Morgan fingerprint density at radius 2 is 2.10 bits per heavy atom. The summed E-state index contributed by atoms with van der Waals surface area (Å²) in [5.74, 6) is 1.87. The van der Waals surface area contributed by atoms with E-state index in [1.165, 1.54) is 0 Å². The van der Waals surface area contributed by atoms with Crippen molar-refractivity contribution in [1.29, 1.82) is 0 Å². The van der Waals surface area contributed by atoms with Crippen LogP contribution in [0, 0.1) is 0 Å². The standard InChI is InChI=1S/C15H24N2O2S/c1-15(2)11-17(7-8-20-15)9-13(18)10-19-14-5-3-12(16)4-6-14/h3-6,13,18H,7-11,16H2,1-2H3. The predicted molar refractivity (Wildman–Crippen MR) is 85.3 cm³/mol. The number of benzene rings is 1. The molecular formula is C15H24N2O2S. The highest BCUT2D eigenvalue weighted by atomic mass is 32.2. The molecule has 0 radical (unpaired) electrons. The monoisotopic (exact) mass is 296 g/mol. The van der Waals surface area contributed by atoms with E-state index in [0.717, 1.165) is 24.6 Å². The lowest BCUT2D eigenvalue weighted by Crippen LogP contribution is -2.47. The van der Waals surface area contributed by atoms with E-state index in [0.29, 0.717) is 18.8 Å². The molecule has 112 valence electrons. The molecule has 5 heteroatoms. The minimum Gasteiger partial charge on any atom is -0.491 e. The summed E-state index contributed by atoms with van der Waals surface area (Å²) in [6, 6.07) is 7.24. The van der Waals surface area contributed by atoms with Gasteiger partial charge >= 0.3 is 0 Å². The van der Waals surface area contributed by atoms with Crippen molar-refractivity contribution in [2.24, 2.45) is 0 Å². The zero-order chi connectivity index (χ0) is 14.6. The fourth-order valence-electron chi connectivity index (χ4n) is 2.38. The molecule has 0 amide bonds. The van der Waals surface area contributed by atoms with Crippen LogP contribution < -0.4 is 10.5 Å². The van der Waals surface area contributed by atoms with Crippen LogP contribution in [0.25, 0.3) is 0 Å². The summed E-state index contributed by atoms with van der Waals surface area (Å²) in [5.41, 5.74) is 6.33. The third kappa shape index (κ3) is 4.89. The molecule has 0 spiro atoms. The van der Waals surface area contributed by atoms with Gasteiger partial charge in [0.25, 0.3) is 0 Å². The molecule has 1 saturated heterocycles. The first-order valence-corrected chi connectivity index (χ1v) is 7.96. The Morgan fingerprint density at radius 3 is 2.75 bits per heavy atom. The Labute approximate surface area is 125 Å². The summed E-state index contributed by atoms with van der Waals surface area (Å²) in [6.45, 7) is 7.53. The van der Waals surface area contributed by atoms with E-state index in [1.54, 1.807) is 12.1 Å². The maximum Gasteiger partial charge on any atom is 0.119 e. The second-order valence-electron chi connectivity index (χ2n) is 5.88. The minimum absolute atomic E-state index is 0.274. The van der Waals surface area contributed by atoms with Gasteiger partial charge in [0.15, 0.2) is 0 Å². The number of aliphatic hydroxyl groups is 1. The Balaban J connectivity index is 1.75. The van der Waals surface area contributed by atoms with Crippen molar-refractivity contribution >= 4 is 17.4 Å². The van der Waals surface area contributed by atoms with E-state index in [9.17, 15) is 5.11 Å². The number of thioether (sulfide) groups is 1. The topological polar surface area (TPSA) is 58.7 Å². The molecule has 0 bridgehead atoms. The fourth-order valence-corrected chi connectivity index (χ4v) is 3.55. The Bertz CT molecular complexity index is 422.